The molecule has 188 valence electrons. The fourth-order valence-corrected chi connectivity index (χ4v) is 5.86. The molecule has 1 saturated heterocycles. The zero-order valence-corrected chi connectivity index (χ0v) is 20.6. The average Bonchev–Trinajstić information content (AvgIpc) is 2.86. The van der Waals surface area contributed by atoms with Gasteiger partial charge in [0.25, 0.3) is 16.1 Å². The molecule has 2 fully saturated rings. The molecule has 0 spiro atoms. The summed E-state index contributed by atoms with van der Waals surface area (Å²) in [6.07, 6.45) is 8.21. The van der Waals surface area contributed by atoms with Gasteiger partial charge in [-0.25, -0.2) is 0 Å². The number of hydrogen-bond donors (Lipinski definition) is 1. The van der Waals surface area contributed by atoms with E-state index < -0.39 is 16.1 Å². The van der Waals surface area contributed by atoms with Crippen molar-refractivity contribution in [3.8, 4) is 11.5 Å². The van der Waals surface area contributed by atoms with Gasteiger partial charge in [-0.1, -0.05) is 25.3 Å². The number of ether oxygens (including phenoxy) is 2. The number of piperazine rings is 1. The van der Waals surface area contributed by atoms with Gasteiger partial charge in [-0.15, -0.1) is 0 Å². The first kappa shape index (κ1) is 26.0. The summed E-state index contributed by atoms with van der Waals surface area (Å²) >= 11 is 0. The highest BCUT2D eigenvalue weighted by atomic mass is 32.2. The molecule has 34 heavy (non-hydrogen) atoms. The summed E-state index contributed by atoms with van der Waals surface area (Å²) in [6, 6.07) is 5.11. The van der Waals surface area contributed by atoms with E-state index in [1.807, 2.05) is 0 Å². The third kappa shape index (κ3) is 6.49. The van der Waals surface area contributed by atoms with E-state index in [9.17, 15) is 18.0 Å². The molecule has 3 rings (SSSR count). The van der Waals surface area contributed by atoms with Gasteiger partial charge in [-0.05, 0) is 36.6 Å². The number of primary amides is 1. The van der Waals surface area contributed by atoms with Crippen LogP contribution < -0.4 is 15.2 Å². The van der Waals surface area contributed by atoms with Crippen LogP contribution in [0.3, 0.4) is 0 Å². The Morgan fingerprint density at radius 3 is 2.41 bits per heavy atom. The number of carbonyl (C=O) groups excluding carboxylic acids is 2. The molecular formula is C23H34N4O6S. The van der Waals surface area contributed by atoms with Gasteiger partial charge >= 0.3 is 0 Å². The highest BCUT2D eigenvalue weighted by Crippen LogP contribution is 2.29. The Bertz CT molecular complexity index is 999. The van der Waals surface area contributed by atoms with Crippen molar-refractivity contribution in [2.45, 2.75) is 38.1 Å². The highest BCUT2D eigenvalue weighted by molar-refractivity contribution is 7.86. The van der Waals surface area contributed by atoms with Gasteiger partial charge in [-0.2, -0.15) is 17.0 Å². The first-order chi connectivity index (χ1) is 16.2. The second-order valence-corrected chi connectivity index (χ2v) is 10.5. The number of amides is 2. The molecule has 1 aromatic rings. The lowest BCUT2D eigenvalue weighted by atomic mass is 9.96. The molecular weight excluding hydrogens is 460 g/mol. The standard InChI is InChI=1S/C23H34N4O6S/c1-25(19-6-4-3-5-7-19)34(30,31)27-14-12-26(13-15-27)23(29)11-9-18-8-10-20(21(16-18)32-2)33-17-22(24)28/h8-11,16,19H,3-7,12-15,17H2,1-2H3,(H2,24,28)/b11-9+. The van der Waals surface area contributed by atoms with Gasteiger partial charge in [0.1, 0.15) is 0 Å². The monoisotopic (exact) mass is 494 g/mol. The summed E-state index contributed by atoms with van der Waals surface area (Å²) in [7, 11) is -0.385. The van der Waals surface area contributed by atoms with Crippen molar-refractivity contribution >= 4 is 28.1 Å². The fraction of sp³-hybridized carbons (Fsp3) is 0.565. The quantitative estimate of drug-likeness (QED) is 0.515. The second-order valence-electron chi connectivity index (χ2n) is 8.54. The molecule has 0 unspecified atom stereocenters. The number of nitrogens with zero attached hydrogens (tertiary/aromatic N) is 3. The molecule has 0 radical (unpaired) electrons. The summed E-state index contributed by atoms with van der Waals surface area (Å²) in [6.45, 7) is 0.966. The molecule has 1 heterocycles. The Kier molecular flexibility index (Phi) is 8.92. The zero-order chi connectivity index (χ0) is 24.7. The van der Waals surface area contributed by atoms with E-state index in [0.717, 1.165) is 25.7 Å². The van der Waals surface area contributed by atoms with Crippen LogP contribution in [0.15, 0.2) is 24.3 Å². The SMILES string of the molecule is COc1cc(/C=C/C(=O)N2CCN(S(=O)(=O)N(C)C3CCCCC3)CC2)ccc1OCC(N)=O. The minimum absolute atomic E-state index is 0.0610. The topological polar surface area (TPSA) is 122 Å². The second kappa shape index (κ2) is 11.7. The molecule has 2 N–H and O–H groups in total. The number of nitrogens with two attached hydrogens (primary N) is 1. The summed E-state index contributed by atoms with van der Waals surface area (Å²) < 4.78 is 39.6. The number of carbonyl (C=O) groups is 2. The Morgan fingerprint density at radius 2 is 1.79 bits per heavy atom. The summed E-state index contributed by atoms with van der Waals surface area (Å²) in [5.74, 6) is 0.00733. The van der Waals surface area contributed by atoms with Crippen molar-refractivity contribution in [3.63, 3.8) is 0 Å². The van der Waals surface area contributed by atoms with Gasteiger partial charge in [0.2, 0.25) is 5.91 Å². The molecule has 1 aliphatic heterocycles. The minimum atomic E-state index is -3.53. The summed E-state index contributed by atoms with van der Waals surface area (Å²) in [5.41, 5.74) is 5.81. The van der Waals surface area contributed by atoms with Crippen molar-refractivity contribution < 1.29 is 27.5 Å². The van der Waals surface area contributed by atoms with Crippen molar-refractivity contribution in [2.24, 2.45) is 5.73 Å². The van der Waals surface area contributed by atoms with Crippen LogP contribution in [0, 0.1) is 0 Å². The smallest absolute Gasteiger partial charge is 0.282 e. The maximum atomic E-state index is 13.0. The number of hydrogen-bond acceptors (Lipinski definition) is 6. The van der Waals surface area contributed by atoms with Crippen LogP contribution in [0.2, 0.25) is 0 Å². The van der Waals surface area contributed by atoms with Crippen LogP contribution in [0.25, 0.3) is 6.08 Å². The lowest BCUT2D eigenvalue weighted by molar-refractivity contribution is -0.127. The van der Waals surface area contributed by atoms with Gasteiger partial charge in [0.05, 0.1) is 7.11 Å². The Morgan fingerprint density at radius 1 is 1.12 bits per heavy atom. The van der Waals surface area contributed by atoms with Crippen molar-refractivity contribution in [1.82, 2.24) is 13.5 Å². The van der Waals surface area contributed by atoms with Crippen LogP contribution in [-0.4, -0.2) is 86.7 Å². The fourth-order valence-electron chi connectivity index (χ4n) is 4.28. The Labute approximate surface area is 201 Å². The van der Waals surface area contributed by atoms with E-state index in [2.05, 4.69) is 0 Å². The number of rotatable bonds is 9. The molecule has 2 amide bonds. The average molecular weight is 495 g/mol. The third-order valence-electron chi connectivity index (χ3n) is 6.31. The van der Waals surface area contributed by atoms with Crippen molar-refractivity contribution in [1.29, 1.82) is 0 Å². The Hall–Kier alpha value is -2.63. The van der Waals surface area contributed by atoms with E-state index in [0.29, 0.717) is 30.2 Å². The van der Waals surface area contributed by atoms with E-state index in [1.165, 1.54) is 28.2 Å². The summed E-state index contributed by atoms with van der Waals surface area (Å²) in [5, 5.41) is 0. The lowest BCUT2D eigenvalue weighted by Crippen LogP contribution is -2.55. The maximum absolute atomic E-state index is 13.0. The van der Waals surface area contributed by atoms with Crippen LogP contribution in [0.4, 0.5) is 0 Å². The Balaban J connectivity index is 1.55. The summed E-state index contributed by atoms with van der Waals surface area (Å²) in [4.78, 5) is 25.2. The molecule has 1 aromatic carbocycles. The van der Waals surface area contributed by atoms with Gasteiger partial charge in [0.15, 0.2) is 18.1 Å². The predicted molar refractivity (Wildman–Crippen MR) is 128 cm³/mol. The van der Waals surface area contributed by atoms with Crippen molar-refractivity contribution in [3.05, 3.63) is 29.8 Å². The zero-order valence-electron chi connectivity index (χ0n) is 19.8. The normalized spacial score (nSPS) is 18.4. The first-order valence-electron chi connectivity index (χ1n) is 11.5. The largest absolute Gasteiger partial charge is 0.493 e. The minimum Gasteiger partial charge on any atom is -0.493 e. The van der Waals surface area contributed by atoms with E-state index in [-0.39, 0.29) is 31.6 Å². The molecule has 1 saturated carbocycles. The van der Waals surface area contributed by atoms with Crippen LogP contribution in [0.1, 0.15) is 37.7 Å². The predicted octanol–water partition coefficient (Wildman–Crippen LogP) is 1.23. The molecule has 0 bridgehead atoms. The molecule has 0 aromatic heterocycles. The van der Waals surface area contributed by atoms with E-state index in [4.69, 9.17) is 15.2 Å². The van der Waals surface area contributed by atoms with Gasteiger partial charge < -0.3 is 20.1 Å². The van der Waals surface area contributed by atoms with Crippen LogP contribution >= 0.6 is 0 Å². The lowest BCUT2D eigenvalue weighted by Gasteiger charge is -2.38. The number of methoxy groups -OCH3 is 1. The van der Waals surface area contributed by atoms with Gasteiger partial charge in [0, 0.05) is 45.3 Å². The molecule has 2 aliphatic rings. The third-order valence-corrected chi connectivity index (χ3v) is 8.35. The molecule has 0 atom stereocenters. The van der Waals surface area contributed by atoms with Crippen LogP contribution in [-0.2, 0) is 19.8 Å². The van der Waals surface area contributed by atoms with E-state index >= 15 is 0 Å². The molecule has 10 nitrogen and oxygen atoms in total. The van der Waals surface area contributed by atoms with Gasteiger partial charge in [-0.3, -0.25) is 9.59 Å². The first-order valence-corrected chi connectivity index (χ1v) is 12.9. The van der Waals surface area contributed by atoms with Crippen molar-refractivity contribution in [2.75, 3.05) is 46.9 Å². The molecule has 11 heteroatoms. The van der Waals surface area contributed by atoms with Crippen LogP contribution in [0.5, 0.6) is 11.5 Å². The number of benzene rings is 1. The van der Waals surface area contributed by atoms with E-state index in [1.54, 1.807) is 36.2 Å². The maximum Gasteiger partial charge on any atom is 0.282 e. The molecule has 1 aliphatic carbocycles. The highest BCUT2D eigenvalue weighted by Gasteiger charge is 2.35.